The highest BCUT2D eigenvalue weighted by atomic mass is 16.5. The highest BCUT2D eigenvalue weighted by molar-refractivity contribution is 6.36. The molecule has 1 saturated heterocycles. The summed E-state index contributed by atoms with van der Waals surface area (Å²) in [5.74, 6) is 0.529. The van der Waals surface area contributed by atoms with Crippen LogP contribution in [-0.2, 0) is 14.3 Å². The molecule has 0 radical (unpaired) electrons. The number of imide groups is 1. The molecular weight excluding hydrogens is 434 g/mol. The number of amides is 2. The summed E-state index contributed by atoms with van der Waals surface area (Å²) in [6.07, 6.45) is 0.706. The van der Waals surface area contributed by atoms with Crippen molar-refractivity contribution in [3.8, 4) is 11.5 Å². The second-order valence-electron chi connectivity index (χ2n) is 8.38. The Hall–Kier alpha value is -3.36. The van der Waals surface area contributed by atoms with Crippen molar-refractivity contribution in [3.05, 3.63) is 59.3 Å². The third-order valence-electron chi connectivity index (χ3n) is 6.14. The van der Waals surface area contributed by atoms with E-state index in [9.17, 15) is 9.59 Å². The van der Waals surface area contributed by atoms with E-state index in [-0.39, 0.29) is 17.5 Å². The fraction of sp³-hybridized carbons (Fsp3) is 0.385. The first-order valence-corrected chi connectivity index (χ1v) is 11.5. The molecule has 2 amide bonds. The number of nitrogens with zero attached hydrogens (tertiary/aromatic N) is 2. The lowest BCUT2D eigenvalue weighted by atomic mass is 10.0. The van der Waals surface area contributed by atoms with Crippen LogP contribution in [0.15, 0.2) is 48.2 Å². The van der Waals surface area contributed by atoms with E-state index in [0.717, 1.165) is 38.4 Å². The largest absolute Gasteiger partial charge is 0.497 e. The lowest BCUT2D eigenvalue weighted by molar-refractivity contribution is -0.136. The molecule has 2 heterocycles. The first-order chi connectivity index (χ1) is 16.5. The number of anilines is 1. The lowest BCUT2D eigenvalue weighted by Gasteiger charge is -2.27. The Morgan fingerprint density at radius 2 is 1.68 bits per heavy atom. The van der Waals surface area contributed by atoms with Crippen LogP contribution >= 0.6 is 0 Å². The van der Waals surface area contributed by atoms with E-state index in [4.69, 9.17) is 14.2 Å². The van der Waals surface area contributed by atoms with Crippen LogP contribution in [0.2, 0.25) is 0 Å². The standard InChI is InChI=1S/C26H31N3O5/c1-18-5-7-19(8-6-18)23-24(27-21-10-9-20(32-2)17-22(21)33-3)26(31)29(25(23)30)12-4-11-28-13-15-34-16-14-28/h5-10,17,27H,4,11-16H2,1-3H3. The maximum Gasteiger partial charge on any atom is 0.278 e. The number of ether oxygens (including phenoxy) is 3. The van der Waals surface area contributed by atoms with Crippen molar-refractivity contribution in [2.45, 2.75) is 13.3 Å². The quantitative estimate of drug-likeness (QED) is 0.571. The highest BCUT2D eigenvalue weighted by Gasteiger charge is 2.39. The molecule has 2 aliphatic rings. The summed E-state index contributed by atoms with van der Waals surface area (Å²) >= 11 is 0. The van der Waals surface area contributed by atoms with Crippen molar-refractivity contribution in [3.63, 3.8) is 0 Å². The molecule has 0 aliphatic carbocycles. The first-order valence-electron chi connectivity index (χ1n) is 11.5. The van der Waals surface area contributed by atoms with Crippen LogP contribution in [0.5, 0.6) is 11.5 Å². The number of hydrogen-bond acceptors (Lipinski definition) is 7. The molecule has 1 N–H and O–H groups in total. The number of aryl methyl sites for hydroxylation is 1. The first kappa shape index (κ1) is 23.8. The number of carbonyl (C=O) groups is 2. The van der Waals surface area contributed by atoms with Crippen LogP contribution in [0.3, 0.4) is 0 Å². The summed E-state index contributed by atoms with van der Waals surface area (Å²) in [7, 11) is 3.13. The number of benzene rings is 2. The van der Waals surface area contributed by atoms with Crippen molar-refractivity contribution >= 4 is 23.1 Å². The zero-order valence-electron chi connectivity index (χ0n) is 19.9. The van der Waals surface area contributed by atoms with Crippen molar-refractivity contribution in [2.75, 3.05) is 58.9 Å². The van der Waals surface area contributed by atoms with E-state index in [2.05, 4.69) is 10.2 Å². The summed E-state index contributed by atoms with van der Waals surface area (Å²) in [6, 6.07) is 12.9. The molecule has 0 saturated carbocycles. The van der Waals surface area contributed by atoms with Gasteiger partial charge in [-0.15, -0.1) is 0 Å². The molecule has 4 rings (SSSR count). The number of morpholine rings is 1. The van der Waals surface area contributed by atoms with Gasteiger partial charge in [-0.1, -0.05) is 29.8 Å². The second-order valence-corrected chi connectivity index (χ2v) is 8.38. The van der Waals surface area contributed by atoms with Gasteiger partial charge in [0.2, 0.25) is 0 Å². The van der Waals surface area contributed by atoms with E-state index in [1.165, 1.54) is 4.90 Å². The number of nitrogens with one attached hydrogen (secondary N) is 1. The molecule has 8 nitrogen and oxygen atoms in total. The molecule has 34 heavy (non-hydrogen) atoms. The predicted octanol–water partition coefficient (Wildman–Crippen LogP) is 2.93. The predicted molar refractivity (Wildman–Crippen MR) is 130 cm³/mol. The Kier molecular flexibility index (Phi) is 7.49. The van der Waals surface area contributed by atoms with Gasteiger partial charge < -0.3 is 19.5 Å². The number of rotatable bonds is 9. The summed E-state index contributed by atoms with van der Waals surface area (Å²) in [5.41, 5.74) is 2.99. The molecule has 1 fully saturated rings. The van der Waals surface area contributed by atoms with E-state index in [1.807, 2.05) is 31.2 Å². The molecule has 8 heteroatoms. The van der Waals surface area contributed by atoms with E-state index in [0.29, 0.717) is 41.3 Å². The smallest absolute Gasteiger partial charge is 0.278 e. The Bertz CT molecular complexity index is 1070. The minimum atomic E-state index is -0.333. The van der Waals surface area contributed by atoms with Gasteiger partial charge in [0.05, 0.1) is 38.7 Å². The normalized spacial score (nSPS) is 16.9. The number of carbonyl (C=O) groups excluding carboxylic acids is 2. The molecule has 0 unspecified atom stereocenters. The van der Waals surface area contributed by atoms with Crippen LogP contribution in [0, 0.1) is 6.92 Å². The summed E-state index contributed by atoms with van der Waals surface area (Å²) < 4.78 is 16.2. The van der Waals surface area contributed by atoms with Gasteiger partial charge in [-0.3, -0.25) is 19.4 Å². The Morgan fingerprint density at radius 3 is 2.35 bits per heavy atom. The maximum atomic E-state index is 13.5. The van der Waals surface area contributed by atoms with Gasteiger partial charge in [0.25, 0.3) is 11.8 Å². The molecule has 2 aromatic carbocycles. The van der Waals surface area contributed by atoms with E-state index in [1.54, 1.807) is 32.4 Å². The lowest BCUT2D eigenvalue weighted by Crippen LogP contribution is -2.39. The van der Waals surface area contributed by atoms with Crippen molar-refractivity contribution in [1.82, 2.24) is 9.80 Å². The molecule has 180 valence electrons. The molecule has 0 atom stereocenters. The van der Waals surface area contributed by atoms with Crippen molar-refractivity contribution in [1.29, 1.82) is 0 Å². The summed E-state index contributed by atoms with van der Waals surface area (Å²) in [6.45, 7) is 6.35. The molecule has 0 spiro atoms. The topological polar surface area (TPSA) is 80.3 Å². The minimum absolute atomic E-state index is 0.253. The van der Waals surface area contributed by atoms with Crippen molar-refractivity contribution in [2.24, 2.45) is 0 Å². The van der Waals surface area contributed by atoms with Crippen molar-refractivity contribution < 1.29 is 23.8 Å². The third-order valence-corrected chi connectivity index (χ3v) is 6.14. The van der Waals surface area contributed by atoms with Gasteiger partial charge in [0, 0.05) is 32.2 Å². The average molecular weight is 466 g/mol. The molecular formula is C26H31N3O5. The molecule has 2 aromatic rings. The van der Waals surface area contributed by atoms with Crippen LogP contribution in [-0.4, -0.2) is 75.2 Å². The van der Waals surface area contributed by atoms with Crippen LogP contribution < -0.4 is 14.8 Å². The summed E-state index contributed by atoms with van der Waals surface area (Å²) in [4.78, 5) is 30.6. The van der Waals surface area contributed by atoms with Crippen LogP contribution in [0.1, 0.15) is 17.5 Å². The number of methoxy groups -OCH3 is 2. The maximum absolute atomic E-state index is 13.5. The Labute approximate surface area is 200 Å². The average Bonchev–Trinajstić information content (AvgIpc) is 3.09. The van der Waals surface area contributed by atoms with Gasteiger partial charge >= 0.3 is 0 Å². The fourth-order valence-electron chi connectivity index (χ4n) is 4.20. The summed E-state index contributed by atoms with van der Waals surface area (Å²) in [5, 5.41) is 3.18. The fourth-order valence-corrected chi connectivity index (χ4v) is 4.20. The highest BCUT2D eigenvalue weighted by Crippen LogP contribution is 2.35. The Balaban J connectivity index is 1.60. The second kappa shape index (κ2) is 10.7. The van der Waals surface area contributed by atoms with Crippen LogP contribution in [0.25, 0.3) is 5.57 Å². The Morgan fingerprint density at radius 1 is 0.941 bits per heavy atom. The number of hydrogen-bond donors (Lipinski definition) is 1. The van der Waals surface area contributed by atoms with Gasteiger partial charge in [-0.25, -0.2) is 0 Å². The van der Waals surface area contributed by atoms with Gasteiger partial charge in [-0.05, 0) is 31.0 Å². The van der Waals surface area contributed by atoms with E-state index >= 15 is 0 Å². The molecule has 2 aliphatic heterocycles. The van der Waals surface area contributed by atoms with Gasteiger partial charge in [0.1, 0.15) is 17.2 Å². The minimum Gasteiger partial charge on any atom is -0.497 e. The van der Waals surface area contributed by atoms with Gasteiger partial charge in [0.15, 0.2) is 0 Å². The monoisotopic (exact) mass is 465 g/mol. The zero-order valence-corrected chi connectivity index (χ0v) is 19.9. The van der Waals surface area contributed by atoms with Gasteiger partial charge in [-0.2, -0.15) is 0 Å². The molecule has 0 bridgehead atoms. The van der Waals surface area contributed by atoms with Crippen LogP contribution in [0.4, 0.5) is 5.69 Å². The third kappa shape index (κ3) is 5.08. The molecule has 0 aromatic heterocycles. The zero-order chi connectivity index (χ0) is 24.1. The SMILES string of the molecule is COc1ccc(NC2=C(c3ccc(C)cc3)C(=O)N(CCCN3CCOCC3)C2=O)c(OC)c1. The van der Waals surface area contributed by atoms with E-state index < -0.39 is 0 Å².